The van der Waals surface area contributed by atoms with E-state index in [-0.39, 0.29) is 30.1 Å². The third kappa shape index (κ3) is 6.82. The van der Waals surface area contributed by atoms with Gasteiger partial charge >= 0.3 is 6.09 Å². The summed E-state index contributed by atoms with van der Waals surface area (Å²) < 4.78 is 11.2. The van der Waals surface area contributed by atoms with Gasteiger partial charge in [0.25, 0.3) is 0 Å². The van der Waals surface area contributed by atoms with E-state index in [1.165, 1.54) is 0 Å². The maximum atomic E-state index is 12.6. The molecule has 0 radical (unpaired) electrons. The number of carbonyl (C=O) groups excluding carboxylic acids is 2. The van der Waals surface area contributed by atoms with Crippen molar-refractivity contribution in [3.8, 4) is 0 Å². The molecule has 2 aliphatic heterocycles. The zero-order chi connectivity index (χ0) is 22.6. The van der Waals surface area contributed by atoms with E-state index >= 15 is 0 Å². The second kappa shape index (κ2) is 9.85. The number of nitrogens with one attached hydrogen (secondary N) is 1. The third-order valence-corrected chi connectivity index (χ3v) is 5.54. The molecule has 0 saturated carbocycles. The van der Waals surface area contributed by atoms with E-state index < -0.39 is 5.60 Å². The van der Waals surface area contributed by atoms with Gasteiger partial charge in [-0.3, -0.25) is 4.79 Å². The van der Waals surface area contributed by atoms with Crippen molar-refractivity contribution in [3.63, 3.8) is 0 Å². The maximum absolute atomic E-state index is 12.6. The highest BCUT2D eigenvalue weighted by molar-refractivity contribution is 5.79. The predicted molar refractivity (Wildman–Crippen MR) is 119 cm³/mol. The molecule has 0 aromatic carbocycles. The lowest BCUT2D eigenvalue weighted by atomic mass is 9.96. The van der Waals surface area contributed by atoms with Gasteiger partial charge in [0.2, 0.25) is 5.91 Å². The van der Waals surface area contributed by atoms with E-state index in [0.717, 1.165) is 24.5 Å². The molecule has 2 atom stereocenters. The molecule has 1 aromatic heterocycles. The van der Waals surface area contributed by atoms with Gasteiger partial charge in [-0.1, -0.05) is 6.07 Å². The number of hydrogen-bond donors (Lipinski definition) is 1. The lowest BCUT2D eigenvalue weighted by Gasteiger charge is -2.36. The number of likely N-dealkylation sites (tertiary alicyclic amines) is 1. The van der Waals surface area contributed by atoms with Crippen LogP contribution < -0.4 is 10.2 Å². The number of piperidine rings is 1. The molecule has 8 heteroatoms. The van der Waals surface area contributed by atoms with Crippen molar-refractivity contribution in [2.45, 2.75) is 71.8 Å². The SMILES string of the molecule is CC1CN(c2ccc(CNC(=O)C3CCN(C(=O)OC(C)(C)C)CC3)cn2)CC(C)O1. The van der Waals surface area contributed by atoms with Crippen LogP contribution in [-0.2, 0) is 20.8 Å². The molecule has 2 saturated heterocycles. The molecule has 2 aliphatic rings. The Kier molecular flexibility index (Phi) is 7.41. The highest BCUT2D eigenvalue weighted by atomic mass is 16.6. The fourth-order valence-corrected chi connectivity index (χ4v) is 4.06. The standard InChI is InChI=1S/C23H36N4O4/c1-16-14-27(15-17(2)30-16)20-7-6-18(12-24-20)13-25-21(28)19-8-10-26(11-9-19)22(29)31-23(3,4)5/h6-7,12,16-17,19H,8-11,13-15H2,1-5H3,(H,25,28). The summed E-state index contributed by atoms with van der Waals surface area (Å²) in [6, 6.07) is 4.02. The Morgan fingerprint density at radius 3 is 2.35 bits per heavy atom. The monoisotopic (exact) mass is 432 g/mol. The first-order chi connectivity index (χ1) is 14.6. The molecule has 1 N–H and O–H groups in total. The van der Waals surface area contributed by atoms with Crippen molar-refractivity contribution in [1.29, 1.82) is 0 Å². The summed E-state index contributed by atoms with van der Waals surface area (Å²) in [7, 11) is 0. The molecule has 3 rings (SSSR count). The fourth-order valence-electron chi connectivity index (χ4n) is 4.06. The van der Waals surface area contributed by atoms with Crippen LogP contribution in [0.2, 0.25) is 0 Å². The van der Waals surface area contributed by atoms with Crippen molar-refractivity contribution in [2.24, 2.45) is 5.92 Å². The van der Waals surface area contributed by atoms with Crippen LogP contribution in [0.4, 0.5) is 10.6 Å². The molecular formula is C23H36N4O4. The summed E-state index contributed by atoms with van der Waals surface area (Å²) in [6.45, 7) is 12.9. The van der Waals surface area contributed by atoms with Crippen LogP contribution in [0.15, 0.2) is 18.3 Å². The number of rotatable bonds is 4. The molecule has 31 heavy (non-hydrogen) atoms. The minimum absolute atomic E-state index is 0.0312. The Morgan fingerprint density at radius 1 is 1.16 bits per heavy atom. The molecule has 8 nitrogen and oxygen atoms in total. The zero-order valence-electron chi connectivity index (χ0n) is 19.4. The van der Waals surface area contributed by atoms with Crippen LogP contribution >= 0.6 is 0 Å². The van der Waals surface area contributed by atoms with Gasteiger partial charge < -0.3 is 24.6 Å². The summed E-state index contributed by atoms with van der Waals surface area (Å²) in [4.78, 5) is 33.2. The van der Waals surface area contributed by atoms with Crippen LogP contribution in [0, 0.1) is 5.92 Å². The number of morpholine rings is 1. The first-order valence-electron chi connectivity index (χ1n) is 11.2. The van der Waals surface area contributed by atoms with Gasteiger partial charge in [0, 0.05) is 44.8 Å². The highest BCUT2D eigenvalue weighted by Crippen LogP contribution is 2.21. The molecule has 1 aromatic rings. The number of anilines is 1. The maximum Gasteiger partial charge on any atom is 0.410 e. The van der Waals surface area contributed by atoms with Crippen molar-refractivity contribution in [2.75, 3.05) is 31.1 Å². The molecule has 172 valence electrons. The summed E-state index contributed by atoms with van der Waals surface area (Å²) in [6.07, 6.45) is 3.19. The number of ether oxygens (including phenoxy) is 2. The van der Waals surface area contributed by atoms with Crippen LogP contribution in [0.25, 0.3) is 0 Å². The normalized spacial score (nSPS) is 22.9. The minimum Gasteiger partial charge on any atom is -0.444 e. The van der Waals surface area contributed by atoms with Crippen molar-refractivity contribution in [1.82, 2.24) is 15.2 Å². The predicted octanol–water partition coefficient (Wildman–Crippen LogP) is 2.96. The Bertz CT molecular complexity index is 744. The quantitative estimate of drug-likeness (QED) is 0.788. The van der Waals surface area contributed by atoms with Crippen molar-refractivity contribution >= 4 is 17.8 Å². The van der Waals surface area contributed by atoms with Gasteiger partial charge in [0.15, 0.2) is 0 Å². The fraction of sp³-hybridized carbons (Fsp3) is 0.696. The Morgan fingerprint density at radius 2 is 1.81 bits per heavy atom. The van der Waals surface area contributed by atoms with E-state index in [0.29, 0.717) is 32.5 Å². The average Bonchev–Trinajstić information content (AvgIpc) is 2.70. The first kappa shape index (κ1) is 23.3. The zero-order valence-corrected chi connectivity index (χ0v) is 19.4. The first-order valence-corrected chi connectivity index (χ1v) is 11.2. The van der Waals surface area contributed by atoms with Crippen LogP contribution in [0.1, 0.15) is 53.0 Å². The van der Waals surface area contributed by atoms with E-state index in [9.17, 15) is 9.59 Å². The molecule has 3 heterocycles. The second-order valence-corrected chi connectivity index (χ2v) is 9.65. The van der Waals surface area contributed by atoms with E-state index in [1.54, 1.807) is 4.90 Å². The molecule has 2 fully saturated rings. The number of amides is 2. The van der Waals surface area contributed by atoms with Gasteiger partial charge in [-0.2, -0.15) is 0 Å². The molecule has 2 amide bonds. The lowest BCUT2D eigenvalue weighted by molar-refractivity contribution is -0.126. The average molecular weight is 433 g/mol. The highest BCUT2D eigenvalue weighted by Gasteiger charge is 2.30. The lowest BCUT2D eigenvalue weighted by Crippen LogP contribution is -2.45. The van der Waals surface area contributed by atoms with Crippen molar-refractivity contribution in [3.05, 3.63) is 23.9 Å². The molecule has 0 spiro atoms. The number of hydrogen-bond acceptors (Lipinski definition) is 6. The second-order valence-electron chi connectivity index (χ2n) is 9.65. The van der Waals surface area contributed by atoms with E-state index in [1.807, 2.05) is 39.1 Å². The Hall–Kier alpha value is -2.35. The van der Waals surface area contributed by atoms with E-state index in [4.69, 9.17) is 9.47 Å². The van der Waals surface area contributed by atoms with Crippen molar-refractivity contribution < 1.29 is 19.1 Å². The Balaban J connectivity index is 1.43. The summed E-state index contributed by atoms with van der Waals surface area (Å²) >= 11 is 0. The third-order valence-electron chi connectivity index (χ3n) is 5.54. The summed E-state index contributed by atoms with van der Waals surface area (Å²) in [5.41, 5.74) is 0.463. The van der Waals surface area contributed by atoms with Gasteiger partial charge in [-0.25, -0.2) is 9.78 Å². The van der Waals surface area contributed by atoms with E-state index in [2.05, 4.69) is 29.0 Å². The number of carbonyl (C=O) groups is 2. The number of pyridine rings is 1. The topological polar surface area (TPSA) is 84.0 Å². The van der Waals surface area contributed by atoms with Gasteiger partial charge in [-0.05, 0) is 59.1 Å². The largest absolute Gasteiger partial charge is 0.444 e. The van der Waals surface area contributed by atoms with Crippen LogP contribution in [0.3, 0.4) is 0 Å². The van der Waals surface area contributed by atoms with Crippen LogP contribution in [-0.4, -0.2) is 65.9 Å². The number of aromatic nitrogens is 1. The summed E-state index contributed by atoms with van der Waals surface area (Å²) in [5.74, 6) is 0.887. The number of nitrogens with zero attached hydrogens (tertiary/aromatic N) is 3. The molecular weight excluding hydrogens is 396 g/mol. The molecule has 0 bridgehead atoms. The smallest absolute Gasteiger partial charge is 0.410 e. The van der Waals surface area contributed by atoms with Gasteiger partial charge in [0.1, 0.15) is 11.4 Å². The van der Waals surface area contributed by atoms with Crippen LogP contribution in [0.5, 0.6) is 0 Å². The van der Waals surface area contributed by atoms with Gasteiger partial charge in [-0.15, -0.1) is 0 Å². The molecule has 0 aliphatic carbocycles. The Labute approximate surface area is 185 Å². The minimum atomic E-state index is -0.507. The van der Waals surface area contributed by atoms with Gasteiger partial charge in [0.05, 0.1) is 12.2 Å². The summed E-state index contributed by atoms with van der Waals surface area (Å²) in [5, 5.41) is 3.02. The molecule has 2 unspecified atom stereocenters.